The van der Waals surface area contributed by atoms with Gasteiger partial charge in [0.25, 0.3) is 0 Å². The third kappa shape index (κ3) is 5.02. The Kier molecular flexibility index (Phi) is 4.32. The minimum Gasteiger partial charge on any atom is -0.478 e. The average Bonchev–Trinajstić information content (AvgIpc) is 2.11. The largest absolute Gasteiger partial charge is 0.478 e. The van der Waals surface area contributed by atoms with Crippen LogP contribution in [0.5, 0.6) is 0 Å². The second kappa shape index (κ2) is 5.34. The van der Waals surface area contributed by atoms with Gasteiger partial charge in [0.05, 0.1) is 0 Å². The molecule has 0 bridgehead atoms. The molecule has 0 aliphatic heterocycles. The van der Waals surface area contributed by atoms with Gasteiger partial charge in [-0.2, -0.15) is 0 Å². The van der Waals surface area contributed by atoms with Crippen molar-refractivity contribution >= 4 is 11.9 Å². The monoisotopic (exact) mass is 239 g/mol. The predicted octanol–water partition coefficient (Wildman–Crippen LogP) is 1.96. The van der Waals surface area contributed by atoms with E-state index in [0.717, 1.165) is 25.0 Å². The van der Waals surface area contributed by atoms with Crippen LogP contribution < -0.4 is 5.32 Å². The summed E-state index contributed by atoms with van der Waals surface area (Å²) in [6, 6.07) is 0.152. The Morgan fingerprint density at radius 2 is 1.94 bits per heavy atom. The van der Waals surface area contributed by atoms with Crippen molar-refractivity contribution in [1.29, 1.82) is 0 Å². The topological polar surface area (TPSA) is 66.4 Å². The lowest BCUT2D eigenvalue weighted by Crippen LogP contribution is -2.42. The molecule has 96 valence electrons. The van der Waals surface area contributed by atoms with E-state index in [9.17, 15) is 9.59 Å². The summed E-state index contributed by atoms with van der Waals surface area (Å²) in [5.41, 5.74) is 0.242. The van der Waals surface area contributed by atoms with Gasteiger partial charge in [-0.05, 0) is 30.6 Å². The zero-order chi connectivity index (χ0) is 13.1. The van der Waals surface area contributed by atoms with Crippen LogP contribution in [0.1, 0.15) is 40.0 Å². The summed E-state index contributed by atoms with van der Waals surface area (Å²) in [4.78, 5) is 21.8. The van der Waals surface area contributed by atoms with Crippen LogP contribution in [0.25, 0.3) is 0 Å². The van der Waals surface area contributed by atoms with E-state index in [1.807, 2.05) is 0 Å². The number of carbonyl (C=O) groups excluding carboxylic acids is 1. The molecule has 2 N–H and O–H groups in total. The molecule has 0 aromatic rings. The third-order valence-corrected chi connectivity index (χ3v) is 3.11. The van der Waals surface area contributed by atoms with Crippen molar-refractivity contribution in [2.75, 3.05) is 0 Å². The molecule has 0 saturated heterocycles. The maximum absolute atomic E-state index is 11.5. The number of aliphatic carboxylic acids is 1. The summed E-state index contributed by atoms with van der Waals surface area (Å²) in [5, 5.41) is 11.3. The minimum absolute atomic E-state index is 0.152. The normalized spacial score (nSPS) is 27.9. The summed E-state index contributed by atoms with van der Waals surface area (Å²) in [6.07, 6.45) is 5.03. The second-order valence-electron chi connectivity index (χ2n) is 5.79. The van der Waals surface area contributed by atoms with Gasteiger partial charge >= 0.3 is 5.97 Å². The van der Waals surface area contributed by atoms with Crippen molar-refractivity contribution < 1.29 is 14.7 Å². The lowest BCUT2D eigenvalue weighted by atomic mass is 9.70. The van der Waals surface area contributed by atoms with E-state index in [1.165, 1.54) is 6.42 Å². The molecule has 0 spiro atoms. The molecular formula is C13H21NO3. The quantitative estimate of drug-likeness (QED) is 0.740. The summed E-state index contributed by atoms with van der Waals surface area (Å²) in [6.45, 7) is 6.59. The molecule has 0 radical (unpaired) electrons. The number of hydrogen-bond donors (Lipinski definition) is 2. The van der Waals surface area contributed by atoms with E-state index in [2.05, 4.69) is 26.1 Å². The van der Waals surface area contributed by atoms with Crippen LogP contribution in [0.3, 0.4) is 0 Å². The van der Waals surface area contributed by atoms with Gasteiger partial charge in [0.1, 0.15) is 0 Å². The summed E-state index contributed by atoms with van der Waals surface area (Å²) >= 11 is 0. The Hall–Kier alpha value is -1.32. The van der Waals surface area contributed by atoms with Crippen LogP contribution in [0.4, 0.5) is 0 Å². The number of nitrogens with one attached hydrogen (secondary N) is 1. The Balaban J connectivity index is 2.51. The molecule has 0 aromatic heterocycles. The van der Waals surface area contributed by atoms with Crippen molar-refractivity contribution in [2.24, 2.45) is 11.3 Å². The van der Waals surface area contributed by atoms with Crippen molar-refractivity contribution in [2.45, 2.75) is 46.1 Å². The SMILES string of the molecule is C[C@@H]1C[C@H](NC(=O)/C=C\C(=O)O)CC(C)(C)C1. The Morgan fingerprint density at radius 3 is 2.47 bits per heavy atom. The van der Waals surface area contributed by atoms with Crippen LogP contribution in [0.2, 0.25) is 0 Å². The van der Waals surface area contributed by atoms with Crippen LogP contribution in [-0.2, 0) is 9.59 Å². The van der Waals surface area contributed by atoms with Gasteiger partial charge in [0, 0.05) is 18.2 Å². The first kappa shape index (κ1) is 13.7. The molecular weight excluding hydrogens is 218 g/mol. The number of carbonyl (C=O) groups is 2. The summed E-state index contributed by atoms with van der Waals surface area (Å²) in [5.74, 6) is -0.827. The van der Waals surface area contributed by atoms with E-state index in [-0.39, 0.29) is 17.4 Å². The first-order valence-electron chi connectivity index (χ1n) is 6.00. The number of rotatable bonds is 3. The molecule has 4 nitrogen and oxygen atoms in total. The fourth-order valence-electron chi connectivity index (χ4n) is 2.85. The second-order valence-corrected chi connectivity index (χ2v) is 5.79. The predicted molar refractivity (Wildman–Crippen MR) is 65.5 cm³/mol. The Morgan fingerprint density at radius 1 is 1.29 bits per heavy atom. The average molecular weight is 239 g/mol. The number of amides is 1. The third-order valence-electron chi connectivity index (χ3n) is 3.11. The van der Waals surface area contributed by atoms with E-state index in [1.54, 1.807) is 0 Å². The van der Waals surface area contributed by atoms with Gasteiger partial charge in [0.15, 0.2) is 0 Å². The van der Waals surface area contributed by atoms with Crippen molar-refractivity contribution in [1.82, 2.24) is 5.32 Å². The highest BCUT2D eigenvalue weighted by atomic mass is 16.4. The highest BCUT2D eigenvalue weighted by Gasteiger charge is 2.32. The van der Waals surface area contributed by atoms with Crippen molar-refractivity contribution in [3.63, 3.8) is 0 Å². The molecule has 1 aliphatic rings. The van der Waals surface area contributed by atoms with Gasteiger partial charge in [-0.1, -0.05) is 20.8 Å². The Labute approximate surface area is 102 Å². The highest BCUT2D eigenvalue weighted by Crippen LogP contribution is 2.38. The molecule has 1 fully saturated rings. The molecule has 1 rings (SSSR count). The zero-order valence-electron chi connectivity index (χ0n) is 10.7. The van der Waals surface area contributed by atoms with Gasteiger partial charge < -0.3 is 10.4 Å². The van der Waals surface area contributed by atoms with E-state index < -0.39 is 5.97 Å². The summed E-state index contributed by atoms with van der Waals surface area (Å²) < 4.78 is 0. The van der Waals surface area contributed by atoms with Gasteiger partial charge in [0.2, 0.25) is 5.91 Å². The minimum atomic E-state index is -1.10. The van der Waals surface area contributed by atoms with Crippen molar-refractivity contribution in [3.05, 3.63) is 12.2 Å². The summed E-state index contributed by atoms with van der Waals surface area (Å²) in [7, 11) is 0. The number of carboxylic acids is 1. The van der Waals surface area contributed by atoms with Crippen LogP contribution >= 0.6 is 0 Å². The van der Waals surface area contributed by atoms with E-state index in [0.29, 0.717) is 5.92 Å². The fraction of sp³-hybridized carbons (Fsp3) is 0.692. The van der Waals surface area contributed by atoms with Gasteiger partial charge in [-0.3, -0.25) is 4.79 Å². The molecule has 1 aliphatic carbocycles. The molecule has 0 unspecified atom stereocenters. The first-order valence-corrected chi connectivity index (χ1v) is 6.00. The Bertz CT molecular complexity index is 334. The molecule has 1 saturated carbocycles. The molecule has 0 aromatic carbocycles. The fourth-order valence-corrected chi connectivity index (χ4v) is 2.85. The smallest absolute Gasteiger partial charge is 0.328 e. The maximum Gasteiger partial charge on any atom is 0.328 e. The van der Waals surface area contributed by atoms with E-state index >= 15 is 0 Å². The molecule has 17 heavy (non-hydrogen) atoms. The zero-order valence-corrected chi connectivity index (χ0v) is 10.7. The lowest BCUT2D eigenvalue weighted by molar-refractivity contribution is -0.131. The number of hydrogen-bond acceptors (Lipinski definition) is 2. The van der Waals surface area contributed by atoms with Crippen LogP contribution in [-0.4, -0.2) is 23.0 Å². The molecule has 4 heteroatoms. The molecule has 2 atom stereocenters. The molecule has 0 heterocycles. The maximum atomic E-state index is 11.5. The van der Waals surface area contributed by atoms with Crippen LogP contribution in [0.15, 0.2) is 12.2 Å². The standard InChI is InChI=1S/C13H21NO3/c1-9-6-10(8-13(2,3)7-9)14-11(15)4-5-12(16)17/h4-5,9-10H,6-8H2,1-3H3,(H,14,15)(H,16,17)/b5-4-/t9-,10+/m1/s1. The van der Waals surface area contributed by atoms with Gasteiger partial charge in [-0.15, -0.1) is 0 Å². The van der Waals surface area contributed by atoms with E-state index in [4.69, 9.17) is 5.11 Å². The lowest BCUT2D eigenvalue weighted by Gasteiger charge is -2.39. The van der Waals surface area contributed by atoms with Crippen molar-refractivity contribution in [3.8, 4) is 0 Å². The highest BCUT2D eigenvalue weighted by molar-refractivity contribution is 5.93. The molecule has 1 amide bonds. The number of carboxylic acid groups (broad SMARTS) is 1. The first-order chi connectivity index (χ1) is 7.78. The van der Waals surface area contributed by atoms with Crippen LogP contribution in [0, 0.1) is 11.3 Å². The van der Waals surface area contributed by atoms with Gasteiger partial charge in [-0.25, -0.2) is 4.79 Å².